The summed E-state index contributed by atoms with van der Waals surface area (Å²) in [4.78, 5) is 16.7. The van der Waals surface area contributed by atoms with Crippen LogP contribution in [0.15, 0.2) is 42.7 Å². The average molecular weight is 358 g/mol. The van der Waals surface area contributed by atoms with Crippen LogP contribution in [0.25, 0.3) is 0 Å². The molecule has 0 spiro atoms. The first-order chi connectivity index (χ1) is 12.6. The molecule has 0 atom stereocenters. The van der Waals surface area contributed by atoms with Gasteiger partial charge in [-0.1, -0.05) is 0 Å². The molecule has 0 bridgehead atoms. The van der Waals surface area contributed by atoms with E-state index in [2.05, 4.69) is 9.88 Å². The molecule has 0 aliphatic rings. The minimum atomic E-state index is -0.804. The fourth-order valence-corrected chi connectivity index (χ4v) is 2.55. The van der Waals surface area contributed by atoms with Gasteiger partial charge in [0.05, 0.1) is 13.2 Å². The topological polar surface area (TPSA) is 71.9 Å². The largest absolute Gasteiger partial charge is 0.494 e. The predicted molar refractivity (Wildman–Crippen MR) is 101 cm³/mol. The zero-order valence-corrected chi connectivity index (χ0v) is 15.4. The number of ether oxygens (including phenoxy) is 2. The van der Waals surface area contributed by atoms with Crippen LogP contribution in [0.5, 0.6) is 11.5 Å². The number of hydrogen-bond acceptors (Lipinski definition) is 5. The third kappa shape index (κ3) is 6.63. The van der Waals surface area contributed by atoms with E-state index in [1.54, 1.807) is 6.20 Å². The summed E-state index contributed by atoms with van der Waals surface area (Å²) in [6, 6.07) is 9.41. The average Bonchev–Trinajstić information content (AvgIpc) is 2.63. The second-order valence-electron chi connectivity index (χ2n) is 6.17. The number of aryl methyl sites for hydroxylation is 1. The number of rotatable bonds is 11. The van der Waals surface area contributed by atoms with Gasteiger partial charge in [-0.2, -0.15) is 0 Å². The summed E-state index contributed by atoms with van der Waals surface area (Å²) in [6.07, 6.45) is 6.14. The highest BCUT2D eigenvalue weighted by Gasteiger charge is 2.04. The van der Waals surface area contributed by atoms with Crippen LogP contribution in [-0.4, -0.2) is 43.4 Å². The zero-order valence-electron chi connectivity index (χ0n) is 15.4. The SMILES string of the molecule is CN(C)c1ccncc1CCCOc1ccc(OCCCC(=O)O)cc1. The summed E-state index contributed by atoms with van der Waals surface area (Å²) < 4.78 is 11.3. The molecule has 2 aromatic rings. The van der Waals surface area contributed by atoms with Crippen LogP contribution in [0.1, 0.15) is 24.8 Å². The van der Waals surface area contributed by atoms with E-state index in [9.17, 15) is 4.79 Å². The number of nitrogens with zero attached hydrogens (tertiary/aromatic N) is 2. The number of benzene rings is 1. The van der Waals surface area contributed by atoms with Gasteiger partial charge in [0.2, 0.25) is 0 Å². The normalized spacial score (nSPS) is 10.4. The lowest BCUT2D eigenvalue weighted by Crippen LogP contribution is -2.12. The molecule has 140 valence electrons. The third-order valence-corrected chi connectivity index (χ3v) is 3.85. The highest BCUT2D eigenvalue weighted by atomic mass is 16.5. The number of aliphatic carboxylic acids is 1. The Bertz CT molecular complexity index is 686. The molecule has 0 aliphatic heterocycles. The van der Waals surface area contributed by atoms with Crippen molar-refractivity contribution in [1.29, 1.82) is 0 Å². The maximum Gasteiger partial charge on any atom is 0.303 e. The number of carboxylic acids is 1. The molecule has 26 heavy (non-hydrogen) atoms. The van der Waals surface area contributed by atoms with Crippen LogP contribution in [0.4, 0.5) is 5.69 Å². The molecule has 6 heteroatoms. The van der Waals surface area contributed by atoms with E-state index < -0.39 is 5.97 Å². The molecule has 0 unspecified atom stereocenters. The van der Waals surface area contributed by atoms with E-state index in [0.29, 0.717) is 25.4 Å². The molecule has 1 N–H and O–H groups in total. The number of hydrogen-bond donors (Lipinski definition) is 1. The van der Waals surface area contributed by atoms with Crippen LogP contribution in [0.3, 0.4) is 0 Å². The summed E-state index contributed by atoms with van der Waals surface area (Å²) in [5.74, 6) is 0.706. The van der Waals surface area contributed by atoms with Gasteiger partial charge in [-0.3, -0.25) is 9.78 Å². The van der Waals surface area contributed by atoms with E-state index >= 15 is 0 Å². The van der Waals surface area contributed by atoms with Gasteiger partial charge in [0.15, 0.2) is 0 Å². The molecule has 0 aliphatic carbocycles. The Balaban J connectivity index is 1.71. The number of pyridine rings is 1. The molecule has 2 rings (SSSR count). The van der Waals surface area contributed by atoms with Gasteiger partial charge in [0.1, 0.15) is 11.5 Å². The van der Waals surface area contributed by atoms with Crippen molar-refractivity contribution in [3.8, 4) is 11.5 Å². The molecule has 6 nitrogen and oxygen atoms in total. The monoisotopic (exact) mass is 358 g/mol. The highest BCUT2D eigenvalue weighted by Crippen LogP contribution is 2.20. The number of carbonyl (C=O) groups is 1. The Labute approximate surface area is 154 Å². The smallest absolute Gasteiger partial charge is 0.303 e. The van der Waals surface area contributed by atoms with Crippen LogP contribution in [0.2, 0.25) is 0 Å². The first-order valence-electron chi connectivity index (χ1n) is 8.74. The first kappa shape index (κ1) is 19.6. The molecular formula is C20H26N2O4. The summed E-state index contributed by atoms with van der Waals surface area (Å²) in [7, 11) is 4.06. The molecule has 0 fully saturated rings. The van der Waals surface area contributed by atoms with Gasteiger partial charge in [-0.15, -0.1) is 0 Å². The molecule has 1 heterocycles. The van der Waals surface area contributed by atoms with E-state index in [1.165, 1.54) is 11.3 Å². The quantitative estimate of drug-likeness (QED) is 0.621. The molecule has 0 amide bonds. The number of aromatic nitrogens is 1. The Morgan fingerprint density at radius 1 is 1.04 bits per heavy atom. The Kier molecular flexibility index (Phi) is 7.74. The van der Waals surface area contributed by atoms with E-state index in [4.69, 9.17) is 14.6 Å². The van der Waals surface area contributed by atoms with Crippen molar-refractivity contribution in [3.05, 3.63) is 48.3 Å². The van der Waals surface area contributed by atoms with E-state index in [1.807, 2.05) is 50.6 Å². The number of anilines is 1. The maximum absolute atomic E-state index is 10.4. The summed E-state index contributed by atoms with van der Waals surface area (Å²) in [5, 5.41) is 8.59. The van der Waals surface area contributed by atoms with Crippen LogP contribution in [0, 0.1) is 0 Å². The van der Waals surface area contributed by atoms with Gasteiger partial charge < -0.3 is 19.5 Å². The fourth-order valence-electron chi connectivity index (χ4n) is 2.55. The Hall–Kier alpha value is -2.76. The van der Waals surface area contributed by atoms with Gasteiger partial charge in [-0.05, 0) is 55.2 Å². The van der Waals surface area contributed by atoms with Crippen LogP contribution < -0.4 is 14.4 Å². The van der Waals surface area contributed by atoms with Crippen molar-refractivity contribution in [2.45, 2.75) is 25.7 Å². The van der Waals surface area contributed by atoms with Gasteiger partial charge >= 0.3 is 5.97 Å². The standard InChI is InChI=1S/C20H26N2O4/c1-22(2)19-11-12-21-15-16(19)5-3-13-25-17-7-9-18(10-8-17)26-14-4-6-20(23)24/h7-12,15H,3-6,13-14H2,1-2H3,(H,23,24). The minimum Gasteiger partial charge on any atom is -0.494 e. The molecular weight excluding hydrogens is 332 g/mol. The predicted octanol–water partition coefficient (Wildman–Crippen LogP) is 3.40. The Morgan fingerprint density at radius 3 is 2.23 bits per heavy atom. The minimum absolute atomic E-state index is 0.119. The fraction of sp³-hybridized carbons (Fsp3) is 0.400. The van der Waals surface area contributed by atoms with Crippen molar-refractivity contribution in [3.63, 3.8) is 0 Å². The van der Waals surface area contributed by atoms with Crippen molar-refractivity contribution in [1.82, 2.24) is 4.98 Å². The van der Waals surface area contributed by atoms with Gasteiger partial charge in [0, 0.05) is 38.6 Å². The summed E-state index contributed by atoms with van der Waals surface area (Å²) in [6.45, 7) is 1.02. The lowest BCUT2D eigenvalue weighted by molar-refractivity contribution is -0.137. The van der Waals surface area contributed by atoms with Crippen molar-refractivity contribution >= 4 is 11.7 Å². The third-order valence-electron chi connectivity index (χ3n) is 3.85. The molecule has 0 saturated carbocycles. The Morgan fingerprint density at radius 2 is 1.65 bits per heavy atom. The van der Waals surface area contributed by atoms with Gasteiger partial charge in [0.25, 0.3) is 0 Å². The van der Waals surface area contributed by atoms with E-state index in [-0.39, 0.29) is 6.42 Å². The zero-order chi connectivity index (χ0) is 18.8. The second kappa shape index (κ2) is 10.3. The van der Waals surface area contributed by atoms with Crippen molar-refractivity contribution in [2.75, 3.05) is 32.2 Å². The summed E-state index contributed by atoms with van der Waals surface area (Å²) >= 11 is 0. The van der Waals surface area contributed by atoms with Crippen LogP contribution >= 0.6 is 0 Å². The lowest BCUT2D eigenvalue weighted by Gasteiger charge is -2.16. The van der Waals surface area contributed by atoms with Crippen LogP contribution in [-0.2, 0) is 11.2 Å². The summed E-state index contributed by atoms with van der Waals surface area (Å²) in [5.41, 5.74) is 2.40. The highest BCUT2D eigenvalue weighted by molar-refractivity contribution is 5.66. The first-order valence-corrected chi connectivity index (χ1v) is 8.74. The molecule has 1 aromatic carbocycles. The molecule has 0 saturated heterocycles. The lowest BCUT2D eigenvalue weighted by atomic mass is 10.1. The van der Waals surface area contributed by atoms with E-state index in [0.717, 1.165) is 18.6 Å². The van der Waals surface area contributed by atoms with Gasteiger partial charge in [-0.25, -0.2) is 0 Å². The maximum atomic E-state index is 10.4. The second-order valence-corrected chi connectivity index (χ2v) is 6.17. The molecule has 1 aromatic heterocycles. The van der Waals surface area contributed by atoms with Crippen molar-refractivity contribution in [2.24, 2.45) is 0 Å². The number of carboxylic acid groups (broad SMARTS) is 1. The molecule has 0 radical (unpaired) electrons. The van der Waals surface area contributed by atoms with Crippen molar-refractivity contribution < 1.29 is 19.4 Å².